The molecule has 1 fully saturated rings. The van der Waals surface area contributed by atoms with Gasteiger partial charge in [-0.3, -0.25) is 9.30 Å². The van der Waals surface area contributed by atoms with Gasteiger partial charge in [0.05, 0.1) is 19.3 Å². The van der Waals surface area contributed by atoms with Crippen molar-refractivity contribution in [1.29, 1.82) is 0 Å². The van der Waals surface area contributed by atoms with Crippen molar-refractivity contribution >= 4 is 5.65 Å². The zero-order chi connectivity index (χ0) is 11.8. The van der Waals surface area contributed by atoms with Crippen molar-refractivity contribution in [2.45, 2.75) is 6.04 Å². The van der Waals surface area contributed by atoms with Gasteiger partial charge in [0.15, 0.2) is 11.5 Å². The van der Waals surface area contributed by atoms with Crippen LogP contribution in [0.4, 0.5) is 4.39 Å². The van der Waals surface area contributed by atoms with E-state index in [-0.39, 0.29) is 11.9 Å². The van der Waals surface area contributed by atoms with Crippen LogP contribution >= 0.6 is 0 Å². The summed E-state index contributed by atoms with van der Waals surface area (Å²) < 4.78 is 20.4. The van der Waals surface area contributed by atoms with Crippen molar-refractivity contribution < 1.29 is 9.13 Å². The van der Waals surface area contributed by atoms with Crippen molar-refractivity contribution in [3.63, 3.8) is 0 Å². The van der Waals surface area contributed by atoms with E-state index < -0.39 is 0 Å². The van der Waals surface area contributed by atoms with E-state index in [1.165, 1.54) is 12.3 Å². The number of morpholine rings is 1. The molecule has 0 saturated carbocycles. The molecule has 1 saturated heterocycles. The van der Waals surface area contributed by atoms with Crippen LogP contribution in [0.5, 0.6) is 0 Å². The molecule has 17 heavy (non-hydrogen) atoms. The normalized spacial score (nSPS) is 22.1. The molecule has 2 aromatic rings. The Labute approximate surface area is 97.8 Å². The van der Waals surface area contributed by atoms with Crippen LogP contribution < -0.4 is 0 Å². The minimum absolute atomic E-state index is 0.0283. The minimum Gasteiger partial charge on any atom is -0.378 e. The van der Waals surface area contributed by atoms with Crippen LogP contribution in [0.3, 0.4) is 0 Å². The van der Waals surface area contributed by atoms with Crippen LogP contribution in [0.15, 0.2) is 18.3 Å². The Kier molecular flexibility index (Phi) is 2.53. The highest BCUT2D eigenvalue weighted by atomic mass is 19.1. The monoisotopic (exact) mass is 236 g/mol. The largest absolute Gasteiger partial charge is 0.378 e. The lowest BCUT2D eigenvalue weighted by Crippen LogP contribution is -2.37. The van der Waals surface area contributed by atoms with Gasteiger partial charge < -0.3 is 4.74 Å². The van der Waals surface area contributed by atoms with Crippen molar-refractivity contribution in [3.05, 3.63) is 30.0 Å². The number of nitrogens with zero attached hydrogens (tertiary/aromatic N) is 4. The molecular formula is C11H13FN4O. The van der Waals surface area contributed by atoms with Crippen LogP contribution in [-0.2, 0) is 4.74 Å². The van der Waals surface area contributed by atoms with Gasteiger partial charge in [-0.1, -0.05) is 0 Å². The quantitative estimate of drug-likeness (QED) is 0.737. The van der Waals surface area contributed by atoms with Gasteiger partial charge in [0, 0.05) is 12.7 Å². The van der Waals surface area contributed by atoms with Gasteiger partial charge in [-0.15, -0.1) is 10.2 Å². The van der Waals surface area contributed by atoms with E-state index in [4.69, 9.17) is 4.74 Å². The molecule has 3 rings (SSSR count). The smallest absolute Gasteiger partial charge is 0.160 e. The van der Waals surface area contributed by atoms with Crippen molar-refractivity contribution in [2.24, 2.45) is 0 Å². The fourth-order valence-electron chi connectivity index (χ4n) is 2.07. The molecule has 3 heterocycles. The molecule has 1 unspecified atom stereocenters. The lowest BCUT2D eigenvalue weighted by molar-refractivity contribution is 0.00145. The average Bonchev–Trinajstić information content (AvgIpc) is 2.72. The molecule has 0 radical (unpaired) electrons. The maximum Gasteiger partial charge on any atom is 0.160 e. The first kappa shape index (κ1) is 10.6. The zero-order valence-corrected chi connectivity index (χ0v) is 9.51. The predicted molar refractivity (Wildman–Crippen MR) is 59.1 cm³/mol. The summed E-state index contributed by atoms with van der Waals surface area (Å²) in [5, 5.41) is 8.17. The number of ether oxygens (including phenoxy) is 1. The van der Waals surface area contributed by atoms with Gasteiger partial charge in [0.25, 0.3) is 0 Å². The van der Waals surface area contributed by atoms with E-state index in [2.05, 4.69) is 15.1 Å². The van der Waals surface area contributed by atoms with E-state index in [0.29, 0.717) is 12.3 Å². The number of rotatable bonds is 1. The maximum atomic E-state index is 13.2. The summed E-state index contributed by atoms with van der Waals surface area (Å²) in [5.41, 5.74) is 0.653. The lowest BCUT2D eigenvalue weighted by atomic mass is 10.2. The first-order chi connectivity index (χ1) is 8.25. The molecule has 0 bridgehead atoms. The van der Waals surface area contributed by atoms with Gasteiger partial charge in [0.2, 0.25) is 0 Å². The number of halogens is 1. The fraction of sp³-hybridized carbons (Fsp3) is 0.455. The second kappa shape index (κ2) is 4.05. The first-order valence-electron chi connectivity index (χ1n) is 5.54. The summed E-state index contributed by atoms with van der Waals surface area (Å²) >= 11 is 0. The lowest BCUT2D eigenvalue weighted by Gasteiger charge is -2.30. The first-order valence-corrected chi connectivity index (χ1v) is 5.54. The minimum atomic E-state index is -0.294. The standard InChI is InChI=1S/C11H13FN4O/c1-15-4-5-17-7-9(15)11-14-13-10-3-2-8(12)6-16(10)11/h2-3,6,9H,4-5,7H2,1H3. The Balaban J connectivity index is 2.07. The molecule has 0 aliphatic carbocycles. The zero-order valence-electron chi connectivity index (χ0n) is 9.51. The summed E-state index contributed by atoms with van der Waals surface area (Å²) in [7, 11) is 2.01. The highest BCUT2D eigenvalue weighted by Crippen LogP contribution is 2.21. The van der Waals surface area contributed by atoms with E-state index >= 15 is 0 Å². The molecule has 1 aliphatic heterocycles. The molecule has 5 nitrogen and oxygen atoms in total. The third-order valence-electron chi connectivity index (χ3n) is 3.09. The number of pyridine rings is 1. The van der Waals surface area contributed by atoms with Crippen molar-refractivity contribution in [1.82, 2.24) is 19.5 Å². The van der Waals surface area contributed by atoms with Crippen LogP contribution in [0.25, 0.3) is 5.65 Å². The summed E-state index contributed by atoms with van der Waals surface area (Å²) in [6.07, 6.45) is 1.41. The van der Waals surface area contributed by atoms with Gasteiger partial charge in [-0.2, -0.15) is 0 Å². The van der Waals surface area contributed by atoms with Gasteiger partial charge in [0.1, 0.15) is 5.82 Å². The van der Waals surface area contributed by atoms with Gasteiger partial charge in [-0.05, 0) is 19.2 Å². The Hall–Kier alpha value is -1.53. The van der Waals surface area contributed by atoms with E-state index in [9.17, 15) is 4.39 Å². The Morgan fingerprint density at radius 2 is 2.29 bits per heavy atom. The summed E-state index contributed by atoms with van der Waals surface area (Å²) in [6.45, 7) is 2.13. The molecule has 2 aromatic heterocycles. The van der Waals surface area contributed by atoms with E-state index in [0.717, 1.165) is 19.0 Å². The van der Waals surface area contributed by atoms with Crippen molar-refractivity contribution in [2.75, 3.05) is 26.8 Å². The number of hydrogen-bond donors (Lipinski definition) is 0. The van der Waals surface area contributed by atoms with E-state index in [1.54, 1.807) is 10.5 Å². The summed E-state index contributed by atoms with van der Waals surface area (Å²) in [5.74, 6) is 0.430. The third kappa shape index (κ3) is 1.79. The molecule has 0 amide bonds. The molecule has 90 valence electrons. The molecule has 0 spiro atoms. The highest BCUT2D eigenvalue weighted by Gasteiger charge is 2.25. The molecular weight excluding hydrogens is 223 g/mol. The Morgan fingerprint density at radius 3 is 3.12 bits per heavy atom. The van der Waals surface area contributed by atoms with Gasteiger partial charge >= 0.3 is 0 Å². The average molecular weight is 236 g/mol. The van der Waals surface area contributed by atoms with Crippen LogP contribution in [-0.4, -0.2) is 46.3 Å². The molecule has 0 aromatic carbocycles. The van der Waals surface area contributed by atoms with Gasteiger partial charge in [-0.25, -0.2) is 4.39 Å². The second-order valence-corrected chi connectivity index (χ2v) is 4.21. The number of likely N-dealkylation sites (N-methyl/N-ethyl adjacent to an activating group) is 1. The molecule has 0 N–H and O–H groups in total. The molecule has 1 aliphatic rings. The van der Waals surface area contributed by atoms with E-state index in [1.807, 2.05) is 7.05 Å². The Bertz CT molecular complexity index is 541. The topological polar surface area (TPSA) is 42.7 Å². The summed E-state index contributed by atoms with van der Waals surface area (Å²) in [6, 6.07) is 3.03. The van der Waals surface area contributed by atoms with Crippen LogP contribution in [0.1, 0.15) is 11.9 Å². The maximum absolute atomic E-state index is 13.2. The second-order valence-electron chi connectivity index (χ2n) is 4.21. The highest BCUT2D eigenvalue weighted by molar-refractivity contribution is 5.38. The molecule has 6 heteroatoms. The number of hydrogen-bond acceptors (Lipinski definition) is 4. The molecule has 1 atom stereocenters. The fourth-order valence-corrected chi connectivity index (χ4v) is 2.07. The Morgan fingerprint density at radius 1 is 1.41 bits per heavy atom. The number of aromatic nitrogens is 3. The summed E-state index contributed by atoms with van der Waals surface area (Å²) in [4.78, 5) is 2.14. The number of fused-ring (bicyclic) bond motifs is 1. The van der Waals surface area contributed by atoms with Crippen LogP contribution in [0, 0.1) is 5.82 Å². The van der Waals surface area contributed by atoms with Crippen molar-refractivity contribution in [3.8, 4) is 0 Å². The SMILES string of the molecule is CN1CCOCC1c1nnc2ccc(F)cn12. The van der Waals surface area contributed by atoms with Crippen LogP contribution in [0.2, 0.25) is 0 Å². The predicted octanol–water partition coefficient (Wildman–Crippen LogP) is 0.871. The third-order valence-corrected chi connectivity index (χ3v) is 3.09.